The van der Waals surface area contributed by atoms with Crippen LogP contribution < -0.4 is 21.9 Å². The van der Waals surface area contributed by atoms with Gasteiger partial charge in [0.25, 0.3) is 0 Å². The summed E-state index contributed by atoms with van der Waals surface area (Å²) in [6, 6.07) is 3.00. The Morgan fingerprint density at radius 1 is 1.32 bits per heavy atom. The minimum atomic E-state index is -4.62. The normalized spacial score (nSPS) is 11.9. The van der Waals surface area contributed by atoms with E-state index in [1.807, 2.05) is 0 Å². The Labute approximate surface area is 121 Å². The summed E-state index contributed by atoms with van der Waals surface area (Å²) >= 11 is 0. The van der Waals surface area contributed by atoms with Gasteiger partial charge in [-0.05, 0) is 12.1 Å². The highest BCUT2D eigenvalue weighted by atomic mass is 19.4. The number of hydrogen-bond acceptors (Lipinski definition) is 4. The Kier molecular flexibility index (Phi) is 5.10. The van der Waals surface area contributed by atoms with E-state index in [0.29, 0.717) is 0 Å². The molecular formula is C10H11F3N6O3. The van der Waals surface area contributed by atoms with Gasteiger partial charge in [-0.25, -0.2) is 4.99 Å². The first kappa shape index (κ1) is 17.0. The van der Waals surface area contributed by atoms with Crippen LogP contribution in [0, 0.1) is 10.1 Å². The van der Waals surface area contributed by atoms with Crippen LogP contribution in [0.3, 0.4) is 0 Å². The molecule has 1 rings (SSSR count). The van der Waals surface area contributed by atoms with Gasteiger partial charge >= 0.3 is 11.9 Å². The van der Waals surface area contributed by atoms with Gasteiger partial charge in [-0.1, -0.05) is 0 Å². The first-order valence-corrected chi connectivity index (χ1v) is 5.50. The quantitative estimate of drug-likeness (QED) is 0.322. The highest BCUT2D eigenvalue weighted by Gasteiger charge is 2.30. The first-order chi connectivity index (χ1) is 10.1. The largest absolute Gasteiger partial charge is 0.477 e. The van der Waals surface area contributed by atoms with Crippen molar-refractivity contribution in [3.8, 4) is 5.75 Å². The molecule has 6 N–H and O–H groups in total. The SMILES string of the molecule is NC(N)=NC(N)=Nc1ccc(OCC(F)(F)F)c([N+](=O)[O-])c1. The minimum absolute atomic E-state index is 0.0337. The molecule has 0 radical (unpaired) electrons. The maximum atomic E-state index is 12.1. The Morgan fingerprint density at radius 2 is 1.95 bits per heavy atom. The molecule has 0 bridgehead atoms. The van der Waals surface area contributed by atoms with Crippen LogP contribution in [0.25, 0.3) is 0 Å². The lowest BCUT2D eigenvalue weighted by molar-refractivity contribution is -0.386. The van der Waals surface area contributed by atoms with E-state index in [0.717, 1.165) is 18.2 Å². The number of nitro benzene ring substituents is 1. The highest BCUT2D eigenvalue weighted by molar-refractivity contribution is 5.93. The number of nitro groups is 1. The molecule has 0 amide bonds. The number of halogens is 3. The molecule has 0 heterocycles. The average molecular weight is 320 g/mol. The predicted octanol–water partition coefficient (Wildman–Crippen LogP) is 0.756. The summed E-state index contributed by atoms with van der Waals surface area (Å²) in [5, 5.41) is 10.9. The lowest BCUT2D eigenvalue weighted by Crippen LogP contribution is -2.26. The molecular weight excluding hydrogens is 309 g/mol. The van der Waals surface area contributed by atoms with E-state index in [4.69, 9.17) is 17.2 Å². The summed E-state index contributed by atoms with van der Waals surface area (Å²) in [6.07, 6.45) is -4.62. The molecule has 1 aromatic carbocycles. The van der Waals surface area contributed by atoms with Gasteiger partial charge in [0.1, 0.15) is 0 Å². The van der Waals surface area contributed by atoms with Gasteiger partial charge < -0.3 is 21.9 Å². The van der Waals surface area contributed by atoms with Gasteiger partial charge in [0.05, 0.1) is 10.6 Å². The number of benzene rings is 1. The van der Waals surface area contributed by atoms with Gasteiger partial charge in [0, 0.05) is 6.07 Å². The summed E-state index contributed by atoms with van der Waals surface area (Å²) in [5.74, 6) is -1.30. The highest BCUT2D eigenvalue weighted by Crippen LogP contribution is 2.32. The van der Waals surface area contributed by atoms with Crippen molar-refractivity contribution in [1.29, 1.82) is 0 Å². The van der Waals surface area contributed by atoms with Crippen molar-refractivity contribution >= 4 is 23.3 Å². The van der Waals surface area contributed by atoms with E-state index in [9.17, 15) is 23.3 Å². The summed E-state index contributed by atoms with van der Waals surface area (Å²) in [5.41, 5.74) is 14.7. The summed E-state index contributed by atoms with van der Waals surface area (Å²) in [6.45, 7) is -1.66. The summed E-state index contributed by atoms with van der Waals surface area (Å²) < 4.78 is 40.6. The lowest BCUT2D eigenvalue weighted by Gasteiger charge is -2.09. The molecule has 0 aliphatic carbocycles. The molecule has 9 nitrogen and oxygen atoms in total. The van der Waals surface area contributed by atoms with Crippen molar-refractivity contribution in [2.24, 2.45) is 27.2 Å². The van der Waals surface area contributed by atoms with Crippen molar-refractivity contribution in [1.82, 2.24) is 0 Å². The van der Waals surface area contributed by atoms with Crippen LogP contribution in [-0.2, 0) is 0 Å². The number of rotatable bonds is 4. The third-order valence-electron chi connectivity index (χ3n) is 2.02. The number of aliphatic imine (C=N–C) groups is 2. The number of nitrogens with two attached hydrogens (primary N) is 3. The molecule has 0 aromatic heterocycles. The molecule has 0 spiro atoms. The maximum Gasteiger partial charge on any atom is 0.422 e. The molecule has 0 saturated heterocycles. The third-order valence-corrected chi connectivity index (χ3v) is 2.02. The van der Waals surface area contributed by atoms with Crippen LogP contribution in [0.2, 0.25) is 0 Å². The molecule has 12 heteroatoms. The van der Waals surface area contributed by atoms with E-state index in [-0.39, 0.29) is 17.6 Å². The van der Waals surface area contributed by atoms with Crippen LogP contribution in [0.5, 0.6) is 5.75 Å². The monoisotopic (exact) mass is 320 g/mol. The third kappa shape index (κ3) is 5.52. The lowest BCUT2D eigenvalue weighted by atomic mass is 10.2. The predicted molar refractivity (Wildman–Crippen MR) is 71.7 cm³/mol. The Bertz CT molecular complexity index is 625. The van der Waals surface area contributed by atoms with E-state index < -0.39 is 29.1 Å². The number of guanidine groups is 2. The standard InChI is InChI=1S/C10H11F3N6O3/c11-10(12,13)4-22-7-2-1-5(3-6(7)19(20)21)17-9(16)18-8(14)15/h1-3H,4H2,(H6,14,15,16,17,18). The molecule has 22 heavy (non-hydrogen) atoms. The Balaban J connectivity index is 3.10. The van der Waals surface area contributed by atoms with Crippen LogP contribution >= 0.6 is 0 Å². The van der Waals surface area contributed by atoms with Crippen molar-refractivity contribution in [3.05, 3.63) is 28.3 Å². The second-order valence-electron chi connectivity index (χ2n) is 3.82. The smallest absolute Gasteiger partial charge is 0.422 e. The van der Waals surface area contributed by atoms with Crippen LogP contribution in [0.15, 0.2) is 28.2 Å². The van der Waals surface area contributed by atoms with Crippen LogP contribution in [0.1, 0.15) is 0 Å². The number of alkyl halides is 3. The zero-order valence-corrected chi connectivity index (χ0v) is 10.9. The van der Waals surface area contributed by atoms with Crippen molar-refractivity contribution in [2.45, 2.75) is 6.18 Å². The molecule has 1 aromatic rings. The van der Waals surface area contributed by atoms with Crippen LogP contribution in [-0.4, -0.2) is 29.6 Å². The molecule has 0 fully saturated rings. The van der Waals surface area contributed by atoms with Gasteiger partial charge in [-0.15, -0.1) is 0 Å². The van der Waals surface area contributed by atoms with E-state index in [1.54, 1.807) is 0 Å². The van der Waals surface area contributed by atoms with Gasteiger partial charge in [-0.3, -0.25) is 10.1 Å². The minimum Gasteiger partial charge on any atom is -0.477 e. The maximum absolute atomic E-state index is 12.1. The fraction of sp³-hybridized carbons (Fsp3) is 0.200. The van der Waals surface area contributed by atoms with E-state index in [1.165, 1.54) is 0 Å². The zero-order valence-electron chi connectivity index (χ0n) is 10.9. The molecule has 0 saturated carbocycles. The van der Waals surface area contributed by atoms with Crippen molar-refractivity contribution in [2.75, 3.05) is 6.61 Å². The summed E-state index contributed by atoms with van der Waals surface area (Å²) in [4.78, 5) is 17.0. The first-order valence-electron chi connectivity index (χ1n) is 5.50. The second-order valence-corrected chi connectivity index (χ2v) is 3.82. The number of nitrogens with zero attached hydrogens (tertiary/aromatic N) is 3. The van der Waals surface area contributed by atoms with Crippen LogP contribution in [0.4, 0.5) is 24.5 Å². The van der Waals surface area contributed by atoms with Gasteiger partial charge in [0.15, 0.2) is 18.3 Å². The number of ether oxygens (including phenoxy) is 1. The number of hydrogen-bond donors (Lipinski definition) is 3. The summed E-state index contributed by atoms with van der Waals surface area (Å²) in [7, 11) is 0. The average Bonchev–Trinajstić information content (AvgIpc) is 2.34. The van der Waals surface area contributed by atoms with Crippen molar-refractivity contribution < 1.29 is 22.8 Å². The van der Waals surface area contributed by atoms with Gasteiger partial charge in [-0.2, -0.15) is 18.2 Å². The fourth-order valence-corrected chi connectivity index (χ4v) is 1.29. The zero-order chi connectivity index (χ0) is 16.9. The molecule has 0 atom stereocenters. The van der Waals surface area contributed by atoms with E-state index in [2.05, 4.69) is 14.7 Å². The van der Waals surface area contributed by atoms with Crippen molar-refractivity contribution in [3.63, 3.8) is 0 Å². The topological polar surface area (TPSA) is 155 Å². The molecule has 120 valence electrons. The molecule has 0 aliphatic rings. The fourth-order valence-electron chi connectivity index (χ4n) is 1.29. The second kappa shape index (κ2) is 6.60. The van der Waals surface area contributed by atoms with E-state index >= 15 is 0 Å². The Hall–Kier alpha value is -3.05. The Morgan fingerprint density at radius 3 is 2.45 bits per heavy atom. The van der Waals surface area contributed by atoms with Gasteiger partial charge in [0.2, 0.25) is 5.96 Å². The molecule has 0 unspecified atom stereocenters. The molecule has 0 aliphatic heterocycles.